The monoisotopic (exact) mass is 279 g/mol. The van der Waals surface area contributed by atoms with E-state index in [0.29, 0.717) is 18.5 Å². The molecule has 0 aliphatic heterocycles. The normalized spacial score (nSPS) is 11.7. The fraction of sp³-hybridized carbons (Fsp3) is 0.500. The number of hydrogen-bond donors (Lipinski definition) is 4. The third-order valence-electron chi connectivity index (χ3n) is 2.59. The second kappa shape index (κ2) is 6.51. The van der Waals surface area contributed by atoms with Gasteiger partial charge in [-0.2, -0.15) is 13.2 Å². The molecule has 108 valence electrons. The Bertz CT molecular complexity index is 421. The van der Waals surface area contributed by atoms with Gasteiger partial charge in [0.2, 0.25) is 5.75 Å². The number of halogens is 3. The van der Waals surface area contributed by atoms with Crippen molar-refractivity contribution in [3.63, 3.8) is 0 Å². The molecule has 0 saturated carbocycles. The van der Waals surface area contributed by atoms with Crippen LogP contribution in [-0.4, -0.2) is 28.0 Å². The average Bonchev–Trinajstić information content (AvgIpc) is 2.32. The Labute approximate surface area is 108 Å². The molecule has 0 heterocycles. The highest BCUT2D eigenvalue weighted by Gasteiger charge is 2.25. The highest BCUT2D eigenvalue weighted by Crippen LogP contribution is 2.36. The van der Waals surface area contributed by atoms with Crippen molar-refractivity contribution in [3.8, 4) is 17.2 Å². The van der Waals surface area contributed by atoms with Gasteiger partial charge >= 0.3 is 6.18 Å². The number of aromatic hydroxyl groups is 3. The molecule has 0 amide bonds. The molecule has 0 bridgehead atoms. The van der Waals surface area contributed by atoms with Crippen molar-refractivity contribution >= 4 is 0 Å². The lowest BCUT2D eigenvalue weighted by atomic mass is 10.1. The summed E-state index contributed by atoms with van der Waals surface area (Å²) in [4.78, 5) is 0. The van der Waals surface area contributed by atoms with Crippen molar-refractivity contribution in [1.82, 2.24) is 5.32 Å². The molecule has 0 atom stereocenters. The molecule has 1 rings (SSSR count). The fourth-order valence-electron chi connectivity index (χ4n) is 1.55. The van der Waals surface area contributed by atoms with Crippen molar-refractivity contribution in [2.45, 2.75) is 32.0 Å². The van der Waals surface area contributed by atoms with Crippen LogP contribution in [0.2, 0.25) is 0 Å². The summed E-state index contributed by atoms with van der Waals surface area (Å²) >= 11 is 0. The second-order valence-electron chi connectivity index (χ2n) is 4.19. The van der Waals surface area contributed by atoms with Crippen LogP contribution in [0.15, 0.2) is 12.1 Å². The van der Waals surface area contributed by atoms with E-state index < -0.39 is 29.8 Å². The number of alkyl halides is 3. The molecule has 0 aromatic heterocycles. The Kier molecular flexibility index (Phi) is 5.29. The summed E-state index contributed by atoms with van der Waals surface area (Å²) in [5.74, 6) is -1.45. The molecule has 0 fully saturated rings. The average molecular weight is 279 g/mol. The van der Waals surface area contributed by atoms with Gasteiger partial charge in [-0.25, -0.2) is 0 Å². The molecule has 19 heavy (non-hydrogen) atoms. The van der Waals surface area contributed by atoms with Crippen molar-refractivity contribution in [3.05, 3.63) is 17.7 Å². The molecule has 1 aromatic carbocycles. The first-order chi connectivity index (χ1) is 8.81. The number of rotatable bonds is 6. The third kappa shape index (κ3) is 5.25. The van der Waals surface area contributed by atoms with Crippen molar-refractivity contribution in [2.75, 3.05) is 6.54 Å². The predicted molar refractivity (Wildman–Crippen MR) is 63.0 cm³/mol. The second-order valence-corrected chi connectivity index (χ2v) is 4.19. The number of phenolic OH excluding ortho intramolecular Hbond substituents is 3. The van der Waals surface area contributed by atoms with Crippen LogP contribution in [0.3, 0.4) is 0 Å². The van der Waals surface area contributed by atoms with E-state index in [1.807, 2.05) is 0 Å². The van der Waals surface area contributed by atoms with E-state index in [4.69, 9.17) is 5.11 Å². The van der Waals surface area contributed by atoms with E-state index >= 15 is 0 Å². The van der Waals surface area contributed by atoms with E-state index in [2.05, 4.69) is 5.32 Å². The summed E-state index contributed by atoms with van der Waals surface area (Å²) in [5, 5.41) is 30.7. The first-order valence-electron chi connectivity index (χ1n) is 5.81. The SMILES string of the molecule is Oc1ccc(CNCCCCC(F)(F)F)c(O)c1O. The van der Waals surface area contributed by atoms with Gasteiger partial charge in [-0.15, -0.1) is 0 Å². The third-order valence-corrected chi connectivity index (χ3v) is 2.59. The lowest BCUT2D eigenvalue weighted by molar-refractivity contribution is -0.135. The zero-order valence-electron chi connectivity index (χ0n) is 10.2. The Morgan fingerprint density at radius 1 is 1.00 bits per heavy atom. The minimum absolute atomic E-state index is 0.0450. The summed E-state index contributed by atoms with van der Waals surface area (Å²) in [5.41, 5.74) is 0.367. The summed E-state index contributed by atoms with van der Waals surface area (Å²) in [6.07, 6.45) is -4.52. The van der Waals surface area contributed by atoms with Crippen LogP contribution in [0.5, 0.6) is 17.2 Å². The van der Waals surface area contributed by atoms with E-state index in [-0.39, 0.29) is 13.0 Å². The number of nitrogens with one attached hydrogen (secondary N) is 1. The van der Waals surface area contributed by atoms with Crippen molar-refractivity contribution in [2.24, 2.45) is 0 Å². The lowest BCUT2D eigenvalue weighted by Gasteiger charge is -2.09. The Morgan fingerprint density at radius 3 is 2.32 bits per heavy atom. The minimum atomic E-state index is -4.12. The summed E-state index contributed by atoms with van der Waals surface area (Å²) < 4.78 is 35.6. The van der Waals surface area contributed by atoms with Gasteiger partial charge in [0.1, 0.15) is 0 Å². The van der Waals surface area contributed by atoms with Crippen LogP contribution in [0.25, 0.3) is 0 Å². The molecular formula is C12H16F3NO3. The van der Waals surface area contributed by atoms with Gasteiger partial charge < -0.3 is 20.6 Å². The molecule has 0 saturated heterocycles. The molecular weight excluding hydrogens is 263 g/mol. The van der Waals surface area contributed by atoms with Crippen LogP contribution in [0, 0.1) is 0 Å². The van der Waals surface area contributed by atoms with Crippen LogP contribution < -0.4 is 5.32 Å². The van der Waals surface area contributed by atoms with E-state index in [1.54, 1.807) is 0 Å². The largest absolute Gasteiger partial charge is 0.504 e. The number of phenols is 3. The van der Waals surface area contributed by atoms with Gasteiger partial charge in [-0.3, -0.25) is 0 Å². The lowest BCUT2D eigenvalue weighted by Crippen LogP contribution is -2.16. The van der Waals surface area contributed by atoms with E-state index in [1.165, 1.54) is 12.1 Å². The van der Waals surface area contributed by atoms with Gasteiger partial charge in [-0.05, 0) is 25.5 Å². The van der Waals surface area contributed by atoms with Crippen molar-refractivity contribution < 1.29 is 28.5 Å². The zero-order chi connectivity index (χ0) is 14.5. The Hall–Kier alpha value is -1.63. The minimum Gasteiger partial charge on any atom is -0.504 e. The van der Waals surface area contributed by atoms with Gasteiger partial charge in [0.05, 0.1) is 0 Å². The van der Waals surface area contributed by atoms with E-state index in [0.717, 1.165) is 0 Å². The van der Waals surface area contributed by atoms with Gasteiger partial charge in [0.25, 0.3) is 0 Å². The smallest absolute Gasteiger partial charge is 0.389 e. The molecule has 4 nitrogen and oxygen atoms in total. The van der Waals surface area contributed by atoms with Gasteiger partial charge in [0, 0.05) is 18.5 Å². The maximum Gasteiger partial charge on any atom is 0.389 e. The topological polar surface area (TPSA) is 72.7 Å². The highest BCUT2D eigenvalue weighted by atomic mass is 19.4. The van der Waals surface area contributed by atoms with E-state index in [9.17, 15) is 23.4 Å². The molecule has 7 heteroatoms. The fourth-order valence-corrected chi connectivity index (χ4v) is 1.55. The highest BCUT2D eigenvalue weighted by molar-refractivity contribution is 5.52. The molecule has 1 aromatic rings. The number of unbranched alkanes of at least 4 members (excludes halogenated alkanes) is 1. The van der Waals surface area contributed by atoms with Crippen LogP contribution >= 0.6 is 0 Å². The maximum atomic E-state index is 11.9. The Morgan fingerprint density at radius 2 is 1.68 bits per heavy atom. The standard InChI is InChI=1S/C12H16F3NO3/c13-12(14,15)5-1-2-6-16-7-8-3-4-9(17)11(19)10(8)18/h3-4,16-19H,1-2,5-7H2. The first-order valence-corrected chi connectivity index (χ1v) is 5.81. The molecule has 4 N–H and O–H groups in total. The molecule has 0 spiro atoms. The molecule has 0 radical (unpaired) electrons. The van der Waals surface area contributed by atoms with Crippen molar-refractivity contribution in [1.29, 1.82) is 0 Å². The summed E-state index contributed by atoms with van der Waals surface area (Å²) in [7, 11) is 0. The van der Waals surface area contributed by atoms with Gasteiger partial charge in [-0.1, -0.05) is 6.07 Å². The maximum absolute atomic E-state index is 11.9. The Balaban J connectivity index is 2.29. The summed E-state index contributed by atoms with van der Waals surface area (Å²) in [6.45, 7) is 0.572. The molecule has 0 aliphatic carbocycles. The van der Waals surface area contributed by atoms with Crippen LogP contribution in [0.4, 0.5) is 13.2 Å². The zero-order valence-corrected chi connectivity index (χ0v) is 10.2. The van der Waals surface area contributed by atoms with Crippen LogP contribution in [0.1, 0.15) is 24.8 Å². The van der Waals surface area contributed by atoms with Gasteiger partial charge in [0.15, 0.2) is 11.5 Å². The molecule has 0 unspecified atom stereocenters. The number of hydrogen-bond acceptors (Lipinski definition) is 4. The first kappa shape index (κ1) is 15.4. The predicted octanol–water partition coefficient (Wildman–Crippen LogP) is 2.63. The summed E-state index contributed by atoms with van der Waals surface area (Å²) in [6, 6.07) is 2.66. The number of benzene rings is 1. The quantitative estimate of drug-likeness (QED) is 0.477. The molecule has 0 aliphatic rings. The van der Waals surface area contributed by atoms with Crippen LogP contribution in [-0.2, 0) is 6.54 Å².